The van der Waals surface area contributed by atoms with E-state index in [1.54, 1.807) is 6.07 Å². The second-order valence-electron chi connectivity index (χ2n) is 3.75. The van der Waals surface area contributed by atoms with Crippen LogP contribution in [0.5, 0.6) is 0 Å². The summed E-state index contributed by atoms with van der Waals surface area (Å²) in [4.78, 5) is 0. The Bertz CT molecular complexity index is 354. The van der Waals surface area contributed by atoms with E-state index in [1.807, 2.05) is 0 Å². The van der Waals surface area contributed by atoms with E-state index in [0.29, 0.717) is 28.5 Å². The molecule has 6 heteroatoms. The van der Waals surface area contributed by atoms with Crippen LogP contribution in [0.4, 0.5) is 5.69 Å². The third kappa shape index (κ3) is 2.93. The van der Waals surface area contributed by atoms with Crippen molar-refractivity contribution in [2.45, 2.75) is 18.9 Å². The molecule has 0 saturated heterocycles. The Morgan fingerprint density at radius 1 is 1.47 bits per heavy atom. The molecule has 1 fully saturated rings. The Hall–Kier alpha value is -0.580. The van der Waals surface area contributed by atoms with Crippen molar-refractivity contribution in [1.82, 2.24) is 10.2 Å². The summed E-state index contributed by atoms with van der Waals surface area (Å²) in [5.41, 5.74) is 6.63. The maximum Gasteiger partial charge on any atom is 0.174 e. The first kappa shape index (κ1) is 10.9. The summed E-state index contributed by atoms with van der Waals surface area (Å²) in [5, 5.41) is 11.1. The lowest BCUT2D eigenvalue weighted by Crippen LogP contribution is -2.31. The molecule has 1 aliphatic carbocycles. The zero-order chi connectivity index (χ0) is 10.8. The van der Waals surface area contributed by atoms with Gasteiger partial charge in [0.15, 0.2) is 10.3 Å². The largest absolute Gasteiger partial charge is 0.381 e. The highest BCUT2D eigenvalue weighted by molar-refractivity contribution is 6.33. The van der Waals surface area contributed by atoms with Crippen LogP contribution in [0.3, 0.4) is 0 Å². The van der Waals surface area contributed by atoms with Crippen LogP contribution in [0.2, 0.25) is 10.3 Å². The second-order valence-corrected chi connectivity index (χ2v) is 4.50. The maximum absolute atomic E-state index is 5.94. The number of hydrogen-bond acceptors (Lipinski definition) is 4. The van der Waals surface area contributed by atoms with Gasteiger partial charge in [-0.3, -0.25) is 0 Å². The molecule has 0 radical (unpaired) electrons. The third-order valence-corrected chi connectivity index (χ3v) is 2.94. The molecule has 1 aromatic rings. The van der Waals surface area contributed by atoms with Gasteiger partial charge in [0.1, 0.15) is 0 Å². The normalized spacial score (nSPS) is 17.5. The average Bonchev–Trinajstić information content (AvgIpc) is 3.02. The fourth-order valence-electron chi connectivity index (χ4n) is 1.40. The van der Waals surface area contributed by atoms with E-state index in [4.69, 9.17) is 28.9 Å². The van der Waals surface area contributed by atoms with Crippen LogP contribution in [0.1, 0.15) is 12.8 Å². The van der Waals surface area contributed by atoms with Crippen molar-refractivity contribution in [2.75, 3.05) is 11.9 Å². The van der Waals surface area contributed by atoms with E-state index in [2.05, 4.69) is 15.5 Å². The molecule has 15 heavy (non-hydrogen) atoms. The van der Waals surface area contributed by atoms with Crippen molar-refractivity contribution in [1.29, 1.82) is 0 Å². The van der Waals surface area contributed by atoms with Crippen molar-refractivity contribution in [3.8, 4) is 0 Å². The van der Waals surface area contributed by atoms with Gasteiger partial charge < -0.3 is 11.1 Å². The molecule has 0 spiro atoms. The molecule has 82 valence electrons. The summed E-state index contributed by atoms with van der Waals surface area (Å²) in [5.74, 6) is 0.654. The minimum atomic E-state index is 0.174. The molecule has 3 N–H and O–H groups in total. The third-order valence-electron chi connectivity index (χ3n) is 2.47. The van der Waals surface area contributed by atoms with Gasteiger partial charge in [-0.15, -0.1) is 10.2 Å². The molecule has 0 aromatic carbocycles. The van der Waals surface area contributed by atoms with Crippen LogP contribution in [-0.4, -0.2) is 22.8 Å². The quantitative estimate of drug-likeness (QED) is 0.853. The van der Waals surface area contributed by atoms with Gasteiger partial charge in [-0.25, -0.2) is 0 Å². The van der Waals surface area contributed by atoms with E-state index < -0.39 is 0 Å². The number of anilines is 1. The minimum absolute atomic E-state index is 0.174. The number of nitrogens with one attached hydrogen (secondary N) is 1. The molecule has 4 nitrogen and oxygen atoms in total. The molecule has 1 aromatic heterocycles. The van der Waals surface area contributed by atoms with Gasteiger partial charge in [-0.05, 0) is 18.8 Å². The number of nitrogens with two attached hydrogens (primary N) is 1. The predicted molar refractivity (Wildman–Crippen MR) is 61.2 cm³/mol. The van der Waals surface area contributed by atoms with Gasteiger partial charge in [-0.2, -0.15) is 0 Å². The average molecular weight is 247 g/mol. The Balaban J connectivity index is 1.94. The second kappa shape index (κ2) is 4.51. The number of hydrogen-bond donors (Lipinski definition) is 2. The lowest BCUT2D eigenvalue weighted by atomic mass is 10.2. The van der Waals surface area contributed by atoms with Gasteiger partial charge in [0.05, 0.1) is 5.69 Å². The molecule has 2 rings (SSSR count). The van der Waals surface area contributed by atoms with Crippen molar-refractivity contribution in [3.05, 3.63) is 16.4 Å². The number of aromatic nitrogens is 2. The van der Waals surface area contributed by atoms with E-state index in [1.165, 1.54) is 12.8 Å². The molecule has 1 atom stereocenters. The van der Waals surface area contributed by atoms with Crippen LogP contribution in [0.25, 0.3) is 0 Å². The van der Waals surface area contributed by atoms with Crippen molar-refractivity contribution in [3.63, 3.8) is 0 Å². The van der Waals surface area contributed by atoms with E-state index in [0.717, 1.165) is 0 Å². The summed E-state index contributed by atoms with van der Waals surface area (Å²) in [7, 11) is 0. The van der Waals surface area contributed by atoms with E-state index in [-0.39, 0.29) is 6.04 Å². The molecule has 0 aliphatic heterocycles. The van der Waals surface area contributed by atoms with Gasteiger partial charge in [0.25, 0.3) is 0 Å². The molecule has 1 aliphatic rings. The van der Waals surface area contributed by atoms with Crippen molar-refractivity contribution >= 4 is 28.9 Å². The summed E-state index contributed by atoms with van der Waals surface area (Å²) in [6, 6.07) is 1.82. The molecule has 1 heterocycles. The van der Waals surface area contributed by atoms with Gasteiger partial charge in [-0.1, -0.05) is 23.2 Å². The highest BCUT2D eigenvalue weighted by Crippen LogP contribution is 2.31. The highest BCUT2D eigenvalue weighted by Gasteiger charge is 2.28. The summed E-state index contributed by atoms with van der Waals surface area (Å²) >= 11 is 11.5. The van der Waals surface area contributed by atoms with E-state index in [9.17, 15) is 0 Å². The standard InChI is InChI=1S/C9H12Cl2N4/c10-8-3-7(9(11)15-14-8)13-4-6(12)5-1-2-5/h3,5-6H,1-2,4,12H2,(H,13,14). The Morgan fingerprint density at radius 2 is 2.20 bits per heavy atom. The molecular weight excluding hydrogens is 235 g/mol. The first-order valence-corrected chi connectivity index (χ1v) is 5.60. The van der Waals surface area contributed by atoms with Gasteiger partial charge >= 0.3 is 0 Å². The zero-order valence-electron chi connectivity index (χ0n) is 8.08. The highest BCUT2D eigenvalue weighted by atomic mass is 35.5. The molecule has 1 unspecified atom stereocenters. The Morgan fingerprint density at radius 3 is 2.87 bits per heavy atom. The lowest BCUT2D eigenvalue weighted by molar-refractivity contribution is 0.621. The number of nitrogens with zero attached hydrogens (tertiary/aromatic N) is 2. The van der Waals surface area contributed by atoms with Crippen LogP contribution in [0, 0.1) is 5.92 Å². The molecular formula is C9H12Cl2N4. The van der Waals surface area contributed by atoms with E-state index >= 15 is 0 Å². The minimum Gasteiger partial charge on any atom is -0.381 e. The number of halogens is 2. The Kier molecular flexibility index (Phi) is 3.29. The van der Waals surface area contributed by atoms with Gasteiger partial charge in [0, 0.05) is 18.7 Å². The summed E-state index contributed by atoms with van der Waals surface area (Å²) < 4.78 is 0. The first-order valence-electron chi connectivity index (χ1n) is 4.85. The van der Waals surface area contributed by atoms with Crippen LogP contribution in [-0.2, 0) is 0 Å². The Labute approximate surface area is 98.2 Å². The van der Waals surface area contributed by atoms with Crippen LogP contribution in [0.15, 0.2) is 6.07 Å². The van der Waals surface area contributed by atoms with Crippen molar-refractivity contribution < 1.29 is 0 Å². The SMILES string of the molecule is NC(CNc1cc(Cl)nnc1Cl)C1CC1. The summed E-state index contributed by atoms with van der Waals surface area (Å²) in [6.45, 7) is 0.687. The topological polar surface area (TPSA) is 63.8 Å². The first-order chi connectivity index (χ1) is 7.16. The predicted octanol–water partition coefficient (Wildman–Crippen LogP) is 1.93. The molecule has 1 saturated carbocycles. The monoisotopic (exact) mass is 246 g/mol. The van der Waals surface area contributed by atoms with Crippen LogP contribution >= 0.6 is 23.2 Å². The fourth-order valence-corrected chi connectivity index (χ4v) is 1.70. The van der Waals surface area contributed by atoms with Crippen LogP contribution < -0.4 is 11.1 Å². The number of rotatable bonds is 4. The lowest BCUT2D eigenvalue weighted by Gasteiger charge is -2.12. The van der Waals surface area contributed by atoms with Gasteiger partial charge in [0.2, 0.25) is 0 Å². The zero-order valence-corrected chi connectivity index (χ0v) is 9.59. The smallest absolute Gasteiger partial charge is 0.174 e. The van der Waals surface area contributed by atoms with Crippen molar-refractivity contribution in [2.24, 2.45) is 11.7 Å². The molecule has 0 amide bonds. The fraction of sp³-hybridized carbons (Fsp3) is 0.556. The molecule has 0 bridgehead atoms. The summed E-state index contributed by atoms with van der Waals surface area (Å²) in [6.07, 6.45) is 2.46. The maximum atomic E-state index is 5.94.